The molecular formula is C11H12O4. The minimum Gasteiger partial charge on any atom is -0.481 e. The molecule has 0 unspecified atom stereocenters. The van der Waals surface area contributed by atoms with Crippen molar-refractivity contribution in [3.8, 4) is 0 Å². The molecule has 0 aliphatic rings. The van der Waals surface area contributed by atoms with Gasteiger partial charge in [-0.25, -0.2) is 4.79 Å². The Morgan fingerprint density at radius 2 is 1.93 bits per heavy atom. The predicted octanol–water partition coefficient (Wildman–Crippen LogP) is 1.71. The Bertz CT molecular complexity index is 396. The first-order chi connectivity index (χ1) is 7.00. The third-order valence-corrected chi connectivity index (χ3v) is 2.20. The summed E-state index contributed by atoms with van der Waals surface area (Å²) in [5, 5.41) is 17.3. The Balaban J connectivity index is 2.90. The van der Waals surface area contributed by atoms with Gasteiger partial charge in [0.1, 0.15) is 0 Å². The van der Waals surface area contributed by atoms with Gasteiger partial charge in [0.15, 0.2) is 0 Å². The zero-order valence-corrected chi connectivity index (χ0v) is 8.36. The molecule has 1 rings (SSSR count). The molecule has 0 atom stereocenters. The first kappa shape index (κ1) is 11.2. The number of carbonyl (C=O) groups is 2. The van der Waals surface area contributed by atoms with Crippen LogP contribution in [0.25, 0.3) is 0 Å². The fraction of sp³-hybridized carbons (Fsp3) is 0.273. The van der Waals surface area contributed by atoms with E-state index in [2.05, 4.69) is 0 Å². The third kappa shape index (κ3) is 3.09. The summed E-state index contributed by atoms with van der Waals surface area (Å²) in [7, 11) is 0. The normalized spacial score (nSPS) is 9.93. The van der Waals surface area contributed by atoms with Gasteiger partial charge in [0.05, 0.1) is 5.56 Å². The summed E-state index contributed by atoms with van der Waals surface area (Å²) in [5.74, 6) is -1.87. The van der Waals surface area contributed by atoms with Gasteiger partial charge >= 0.3 is 11.9 Å². The molecule has 0 spiro atoms. The van der Waals surface area contributed by atoms with E-state index in [1.807, 2.05) is 6.92 Å². The van der Waals surface area contributed by atoms with E-state index in [9.17, 15) is 9.59 Å². The second kappa shape index (κ2) is 4.59. The third-order valence-electron chi connectivity index (χ3n) is 2.20. The van der Waals surface area contributed by atoms with E-state index < -0.39 is 11.9 Å². The Labute approximate surface area is 87.2 Å². The number of carboxylic acids is 2. The van der Waals surface area contributed by atoms with E-state index in [-0.39, 0.29) is 12.0 Å². The number of aromatic carboxylic acids is 1. The van der Waals surface area contributed by atoms with Crippen LogP contribution < -0.4 is 0 Å². The largest absolute Gasteiger partial charge is 0.481 e. The van der Waals surface area contributed by atoms with Crippen LogP contribution in [0, 0.1) is 6.92 Å². The lowest BCUT2D eigenvalue weighted by atomic mass is 10.0. The molecule has 4 heteroatoms. The Morgan fingerprint density at radius 3 is 2.47 bits per heavy atom. The summed E-state index contributed by atoms with van der Waals surface area (Å²) >= 11 is 0. The van der Waals surface area contributed by atoms with E-state index in [1.54, 1.807) is 6.07 Å². The average Bonchev–Trinajstić information content (AvgIpc) is 2.16. The summed E-state index contributed by atoms with van der Waals surface area (Å²) < 4.78 is 0. The van der Waals surface area contributed by atoms with E-state index >= 15 is 0 Å². The van der Waals surface area contributed by atoms with Gasteiger partial charge in [0.2, 0.25) is 0 Å². The van der Waals surface area contributed by atoms with Gasteiger partial charge in [-0.15, -0.1) is 0 Å². The first-order valence-electron chi connectivity index (χ1n) is 4.55. The summed E-state index contributed by atoms with van der Waals surface area (Å²) in [4.78, 5) is 21.1. The average molecular weight is 208 g/mol. The fourth-order valence-electron chi connectivity index (χ4n) is 1.32. The molecule has 0 amide bonds. The highest BCUT2D eigenvalue weighted by molar-refractivity contribution is 5.87. The van der Waals surface area contributed by atoms with Crippen molar-refractivity contribution in [2.45, 2.75) is 19.8 Å². The summed E-state index contributed by atoms with van der Waals surface area (Å²) in [6.45, 7) is 1.84. The highest BCUT2D eigenvalue weighted by Crippen LogP contribution is 2.13. The molecule has 1 aromatic rings. The standard InChI is InChI=1S/C11H12O4/c1-7-2-3-9(11(14)15)6-8(7)4-5-10(12)13/h2-3,6H,4-5H2,1H3,(H,12,13)(H,14,15). The summed E-state index contributed by atoms with van der Waals surface area (Å²) in [5.41, 5.74) is 1.89. The SMILES string of the molecule is Cc1ccc(C(=O)O)cc1CCC(=O)O. The van der Waals surface area contributed by atoms with Crippen LogP contribution in [-0.2, 0) is 11.2 Å². The van der Waals surface area contributed by atoms with Crippen molar-refractivity contribution in [2.75, 3.05) is 0 Å². The maximum absolute atomic E-state index is 10.7. The second-order valence-corrected chi connectivity index (χ2v) is 3.34. The molecule has 1 aromatic carbocycles. The van der Waals surface area contributed by atoms with Crippen molar-refractivity contribution < 1.29 is 19.8 Å². The molecule has 80 valence electrons. The molecule has 0 aliphatic heterocycles. The van der Waals surface area contributed by atoms with Crippen LogP contribution in [0.15, 0.2) is 18.2 Å². The van der Waals surface area contributed by atoms with Crippen LogP contribution in [0.1, 0.15) is 27.9 Å². The van der Waals surface area contributed by atoms with Gasteiger partial charge in [-0.2, -0.15) is 0 Å². The topological polar surface area (TPSA) is 74.6 Å². The van der Waals surface area contributed by atoms with E-state index in [4.69, 9.17) is 10.2 Å². The van der Waals surface area contributed by atoms with Gasteiger partial charge in [-0.3, -0.25) is 4.79 Å². The lowest BCUT2D eigenvalue weighted by Gasteiger charge is -2.05. The lowest BCUT2D eigenvalue weighted by Crippen LogP contribution is -2.02. The summed E-state index contributed by atoms with van der Waals surface area (Å²) in [6.07, 6.45) is 0.381. The van der Waals surface area contributed by atoms with Gasteiger partial charge in [-0.1, -0.05) is 6.07 Å². The molecule has 0 heterocycles. The van der Waals surface area contributed by atoms with E-state index in [0.717, 1.165) is 11.1 Å². The quantitative estimate of drug-likeness (QED) is 0.789. The van der Waals surface area contributed by atoms with Crippen LogP contribution in [0.2, 0.25) is 0 Å². The van der Waals surface area contributed by atoms with Crippen LogP contribution in [0.3, 0.4) is 0 Å². The Kier molecular flexibility index (Phi) is 3.44. The zero-order valence-electron chi connectivity index (χ0n) is 8.36. The second-order valence-electron chi connectivity index (χ2n) is 3.34. The number of hydrogen-bond acceptors (Lipinski definition) is 2. The van der Waals surface area contributed by atoms with Crippen molar-refractivity contribution in [1.82, 2.24) is 0 Å². The smallest absolute Gasteiger partial charge is 0.335 e. The minimum atomic E-state index is -0.994. The molecule has 0 aromatic heterocycles. The molecule has 0 bridgehead atoms. The maximum Gasteiger partial charge on any atom is 0.335 e. The number of carboxylic acid groups (broad SMARTS) is 2. The number of benzene rings is 1. The molecule has 0 saturated heterocycles. The number of hydrogen-bond donors (Lipinski definition) is 2. The van der Waals surface area contributed by atoms with Gasteiger partial charge in [0, 0.05) is 6.42 Å². The molecule has 15 heavy (non-hydrogen) atoms. The monoisotopic (exact) mass is 208 g/mol. The molecule has 4 nitrogen and oxygen atoms in total. The fourth-order valence-corrected chi connectivity index (χ4v) is 1.32. The number of aryl methyl sites for hydroxylation is 2. The molecule has 0 radical (unpaired) electrons. The first-order valence-corrected chi connectivity index (χ1v) is 4.55. The maximum atomic E-state index is 10.7. The molecule has 2 N–H and O–H groups in total. The zero-order chi connectivity index (χ0) is 11.4. The molecular weight excluding hydrogens is 196 g/mol. The minimum absolute atomic E-state index is 0.0178. The van der Waals surface area contributed by atoms with Crippen molar-refractivity contribution in [2.24, 2.45) is 0 Å². The van der Waals surface area contributed by atoms with Crippen LogP contribution in [0.5, 0.6) is 0 Å². The van der Waals surface area contributed by atoms with Gasteiger partial charge in [-0.05, 0) is 36.6 Å². The Morgan fingerprint density at radius 1 is 1.27 bits per heavy atom. The molecule has 0 saturated carbocycles. The molecule has 0 aliphatic carbocycles. The van der Waals surface area contributed by atoms with Crippen molar-refractivity contribution in [3.05, 3.63) is 34.9 Å². The van der Waals surface area contributed by atoms with Crippen LogP contribution >= 0.6 is 0 Å². The Hall–Kier alpha value is -1.84. The van der Waals surface area contributed by atoms with Crippen LogP contribution in [-0.4, -0.2) is 22.2 Å². The van der Waals surface area contributed by atoms with Crippen molar-refractivity contribution in [3.63, 3.8) is 0 Å². The molecule has 0 fully saturated rings. The van der Waals surface area contributed by atoms with Crippen LogP contribution in [0.4, 0.5) is 0 Å². The van der Waals surface area contributed by atoms with Gasteiger partial charge < -0.3 is 10.2 Å². The number of rotatable bonds is 4. The lowest BCUT2D eigenvalue weighted by molar-refractivity contribution is -0.136. The highest BCUT2D eigenvalue weighted by atomic mass is 16.4. The van der Waals surface area contributed by atoms with E-state index in [0.29, 0.717) is 6.42 Å². The predicted molar refractivity (Wildman–Crippen MR) is 54.1 cm³/mol. The summed E-state index contributed by atoms with van der Waals surface area (Å²) in [6, 6.07) is 4.74. The van der Waals surface area contributed by atoms with Gasteiger partial charge in [0.25, 0.3) is 0 Å². The van der Waals surface area contributed by atoms with Crippen molar-refractivity contribution in [1.29, 1.82) is 0 Å². The van der Waals surface area contributed by atoms with Crippen molar-refractivity contribution >= 4 is 11.9 Å². The number of aliphatic carboxylic acids is 1. The highest BCUT2D eigenvalue weighted by Gasteiger charge is 2.07. The van der Waals surface area contributed by atoms with E-state index in [1.165, 1.54) is 12.1 Å².